The summed E-state index contributed by atoms with van der Waals surface area (Å²) in [5, 5.41) is 13.4. The van der Waals surface area contributed by atoms with Crippen molar-refractivity contribution in [1.82, 2.24) is 14.8 Å². The third-order valence-corrected chi connectivity index (χ3v) is 4.28. The molecule has 5 nitrogen and oxygen atoms in total. The monoisotopic (exact) mass is 281 g/mol. The van der Waals surface area contributed by atoms with Gasteiger partial charge in [-0.25, -0.2) is 4.98 Å². The fourth-order valence-electron chi connectivity index (χ4n) is 3.00. The van der Waals surface area contributed by atoms with Gasteiger partial charge in [-0.3, -0.25) is 4.68 Å². The van der Waals surface area contributed by atoms with E-state index in [0.717, 1.165) is 37.3 Å². The van der Waals surface area contributed by atoms with Gasteiger partial charge in [-0.2, -0.15) is 10.4 Å². The van der Waals surface area contributed by atoms with E-state index in [1.807, 2.05) is 37.0 Å². The van der Waals surface area contributed by atoms with Gasteiger partial charge in [-0.15, -0.1) is 0 Å². The zero-order valence-corrected chi connectivity index (χ0v) is 12.5. The molecule has 3 rings (SSSR count). The summed E-state index contributed by atoms with van der Waals surface area (Å²) in [6.45, 7) is 3.86. The van der Waals surface area contributed by atoms with Crippen molar-refractivity contribution in [3.63, 3.8) is 0 Å². The van der Waals surface area contributed by atoms with Crippen molar-refractivity contribution in [3.8, 4) is 6.07 Å². The summed E-state index contributed by atoms with van der Waals surface area (Å²) >= 11 is 0. The van der Waals surface area contributed by atoms with Crippen molar-refractivity contribution in [1.29, 1.82) is 5.26 Å². The van der Waals surface area contributed by atoms with Crippen molar-refractivity contribution >= 4 is 5.82 Å². The molecular weight excluding hydrogens is 262 g/mol. The molecule has 108 valence electrons. The molecule has 1 aliphatic rings. The lowest BCUT2D eigenvalue weighted by atomic mass is 9.93. The molecule has 1 saturated heterocycles. The first-order valence-corrected chi connectivity index (χ1v) is 7.29. The van der Waals surface area contributed by atoms with Crippen LogP contribution in [-0.2, 0) is 7.05 Å². The van der Waals surface area contributed by atoms with Crippen LogP contribution in [0.2, 0.25) is 0 Å². The number of pyridine rings is 1. The standard InChI is InChI=1S/C16H19N5/c1-12-3-4-16(19-14(12)11-17)21-9-6-13(7-10-21)15-5-8-18-20(15)2/h3-5,8,13H,6-7,9-10H2,1-2H3. The Bertz CT molecular complexity index is 674. The second-order valence-electron chi connectivity index (χ2n) is 5.59. The molecule has 0 atom stereocenters. The normalized spacial score (nSPS) is 16.0. The van der Waals surface area contributed by atoms with Crippen LogP contribution in [0.15, 0.2) is 24.4 Å². The summed E-state index contributed by atoms with van der Waals surface area (Å²) in [4.78, 5) is 6.74. The summed E-state index contributed by atoms with van der Waals surface area (Å²) < 4.78 is 1.97. The smallest absolute Gasteiger partial charge is 0.145 e. The molecule has 3 heterocycles. The van der Waals surface area contributed by atoms with Crippen LogP contribution in [0.5, 0.6) is 0 Å². The van der Waals surface area contributed by atoms with E-state index in [2.05, 4.69) is 27.1 Å². The second kappa shape index (κ2) is 5.57. The van der Waals surface area contributed by atoms with E-state index in [4.69, 9.17) is 5.26 Å². The van der Waals surface area contributed by atoms with Crippen LogP contribution in [0.1, 0.15) is 35.7 Å². The van der Waals surface area contributed by atoms with Crippen LogP contribution in [-0.4, -0.2) is 27.9 Å². The van der Waals surface area contributed by atoms with Crippen molar-refractivity contribution in [2.45, 2.75) is 25.7 Å². The Labute approximate surface area is 124 Å². The Morgan fingerprint density at radius 2 is 2.00 bits per heavy atom. The Hall–Kier alpha value is -2.35. The molecule has 21 heavy (non-hydrogen) atoms. The summed E-state index contributed by atoms with van der Waals surface area (Å²) in [5.74, 6) is 1.48. The molecule has 0 aromatic carbocycles. The number of rotatable bonds is 2. The van der Waals surface area contributed by atoms with Gasteiger partial charge in [-0.05, 0) is 37.5 Å². The zero-order valence-electron chi connectivity index (χ0n) is 12.5. The van der Waals surface area contributed by atoms with Crippen LogP contribution in [0.3, 0.4) is 0 Å². The molecule has 1 fully saturated rings. The van der Waals surface area contributed by atoms with Crippen LogP contribution < -0.4 is 4.90 Å². The van der Waals surface area contributed by atoms with E-state index in [1.165, 1.54) is 5.69 Å². The van der Waals surface area contributed by atoms with E-state index in [-0.39, 0.29) is 0 Å². The fourth-order valence-corrected chi connectivity index (χ4v) is 3.00. The summed E-state index contributed by atoms with van der Waals surface area (Å²) in [6.07, 6.45) is 4.05. The van der Waals surface area contributed by atoms with E-state index in [0.29, 0.717) is 11.6 Å². The van der Waals surface area contributed by atoms with Crippen LogP contribution >= 0.6 is 0 Å². The van der Waals surface area contributed by atoms with Crippen molar-refractivity contribution in [3.05, 3.63) is 41.3 Å². The van der Waals surface area contributed by atoms with Gasteiger partial charge in [0.15, 0.2) is 0 Å². The average Bonchev–Trinajstić information content (AvgIpc) is 2.94. The molecule has 0 unspecified atom stereocenters. The number of hydrogen-bond donors (Lipinski definition) is 0. The average molecular weight is 281 g/mol. The van der Waals surface area contributed by atoms with E-state index in [9.17, 15) is 0 Å². The van der Waals surface area contributed by atoms with Crippen molar-refractivity contribution in [2.24, 2.45) is 7.05 Å². The first-order valence-electron chi connectivity index (χ1n) is 7.29. The minimum atomic E-state index is 0.529. The first kappa shape index (κ1) is 13.6. The molecule has 2 aromatic heterocycles. The van der Waals surface area contributed by atoms with Gasteiger partial charge < -0.3 is 4.90 Å². The van der Waals surface area contributed by atoms with Crippen LogP contribution in [0.25, 0.3) is 0 Å². The van der Waals surface area contributed by atoms with E-state index < -0.39 is 0 Å². The number of piperidine rings is 1. The highest BCUT2D eigenvalue weighted by molar-refractivity contribution is 5.45. The number of nitrogens with zero attached hydrogens (tertiary/aromatic N) is 5. The lowest BCUT2D eigenvalue weighted by Gasteiger charge is -2.33. The Kier molecular flexibility index (Phi) is 3.61. The predicted octanol–water partition coefficient (Wildman–Crippen LogP) is 2.38. The lowest BCUT2D eigenvalue weighted by molar-refractivity contribution is 0.475. The highest BCUT2D eigenvalue weighted by atomic mass is 15.3. The quantitative estimate of drug-likeness (QED) is 0.848. The van der Waals surface area contributed by atoms with E-state index >= 15 is 0 Å². The van der Waals surface area contributed by atoms with Crippen molar-refractivity contribution < 1.29 is 0 Å². The molecule has 5 heteroatoms. The topological polar surface area (TPSA) is 57.7 Å². The number of aryl methyl sites for hydroxylation is 2. The SMILES string of the molecule is Cc1ccc(N2CCC(c3ccnn3C)CC2)nc1C#N. The second-order valence-corrected chi connectivity index (χ2v) is 5.59. The molecule has 0 bridgehead atoms. The third kappa shape index (κ3) is 2.62. The largest absolute Gasteiger partial charge is 0.357 e. The first-order chi connectivity index (χ1) is 10.2. The molecule has 0 spiro atoms. The van der Waals surface area contributed by atoms with Gasteiger partial charge in [0, 0.05) is 37.9 Å². The number of hydrogen-bond acceptors (Lipinski definition) is 4. The van der Waals surface area contributed by atoms with Gasteiger partial charge in [0.25, 0.3) is 0 Å². The maximum atomic E-state index is 9.10. The highest BCUT2D eigenvalue weighted by Crippen LogP contribution is 2.29. The highest BCUT2D eigenvalue weighted by Gasteiger charge is 2.23. The van der Waals surface area contributed by atoms with E-state index in [1.54, 1.807) is 0 Å². The summed E-state index contributed by atoms with van der Waals surface area (Å²) in [7, 11) is 2.00. The van der Waals surface area contributed by atoms with Gasteiger partial charge in [0.05, 0.1) is 0 Å². The van der Waals surface area contributed by atoms with Gasteiger partial charge in [0.1, 0.15) is 17.6 Å². The minimum Gasteiger partial charge on any atom is -0.357 e. The maximum Gasteiger partial charge on any atom is 0.145 e. The van der Waals surface area contributed by atoms with Gasteiger partial charge >= 0.3 is 0 Å². The summed E-state index contributed by atoms with van der Waals surface area (Å²) in [6, 6.07) is 8.27. The van der Waals surface area contributed by atoms with Gasteiger partial charge in [-0.1, -0.05) is 6.07 Å². The molecule has 0 amide bonds. The molecule has 2 aromatic rings. The Morgan fingerprint density at radius 1 is 1.24 bits per heavy atom. The number of aromatic nitrogens is 3. The van der Waals surface area contributed by atoms with Crippen LogP contribution in [0.4, 0.5) is 5.82 Å². The van der Waals surface area contributed by atoms with Crippen LogP contribution in [0, 0.1) is 18.3 Å². The zero-order chi connectivity index (χ0) is 14.8. The fraction of sp³-hybridized carbons (Fsp3) is 0.438. The minimum absolute atomic E-state index is 0.529. The Balaban J connectivity index is 1.71. The predicted molar refractivity (Wildman–Crippen MR) is 81.1 cm³/mol. The molecule has 0 saturated carbocycles. The number of anilines is 1. The molecule has 0 aliphatic carbocycles. The molecule has 0 N–H and O–H groups in total. The molecular formula is C16H19N5. The molecule has 1 aliphatic heterocycles. The number of nitriles is 1. The van der Waals surface area contributed by atoms with Gasteiger partial charge in [0.2, 0.25) is 0 Å². The van der Waals surface area contributed by atoms with Crippen molar-refractivity contribution in [2.75, 3.05) is 18.0 Å². The third-order valence-electron chi connectivity index (χ3n) is 4.28. The lowest BCUT2D eigenvalue weighted by Crippen LogP contribution is -2.34. The summed E-state index contributed by atoms with van der Waals surface area (Å²) in [5.41, 5.74) is 2.77. The molecule has 0 radical (unpaired) electrons. The maximum absolute atomic E-state index is 9.10. The Morgan fingerprint density at radius 3 is 2.62 bits per heavy atom.